The first-order valence-corrected chi connectivity index (χ1v) is 9.94. The molecule has 0 aliphatic carbocycles. The van der Waals surface area contributed by atoms with Gasteiger partial charge in [0.25, 0.3) is 0 Å². The van der Waals surface area contributed by atoms with Gasteiger partial charge in [0, 0.05) is 5.69 Å². The van der Waals surface area contributed by atoms with Crippen LogP contribution in [0.15, 0.2) is 29.4 Å². The van der Waals surface area contributed by atoms with Gasteiger partial charge in [-0.15, -0.1) is 0 Å². The maximum atomic E-state index is 10.8. The number of carbonyl (C=O) groups is 1. The number of carboxylic acid groups (broad SMARTS) is 1. The zero-order chi connectivity index (χ0) is 19.0. The molecule has 0 bridgehead atoms. The fourth-order valence-electron chi connectivity index (χ4n) is 2.92. The number of carboxylic acids is 1. The van der Waals surface area contributed by atoms with Crippen LogP contribution in [0.1, 0.15) is 87.9 Å². The lowest BCUT2D eigenvalue weighted by Crippen LogP contribution is -2.14. The Morgan fingerprint density at radius 3 is 1.96 bits per heavy atom. The number of anilines is 1. The molecule has 0 fully saturated rings. The Kier molecular flexibility index (Phi) is 12.0. The zero-order valence-corrected chi connectivity index (χ0v) is 16.0. The van der Waals surface area contributed by atoms with Gasteiger partial charge in [0.2, 0.25) is 0 Å². The first-order chi connectivity index (χ1) is 12.7. The zero-order valence-electron chi connectivity index (χ0n) is 16.0. The molecule has 1 aromatic carbocycles. The van der Waals surface area contributed by atoms with Crippen molar-refractivity contribution in [3.05, 3.63) is 29.8 Å². The molecule has 0 spiro atoms. The van der Waals surface area contributed by atoms with Crippen LogP contribution in [0.4, 0.5) is 5.69 Å². The van der Waals surface area contributed by atoms with Crippen molar-refractivity contribution in [2.24, 2.45) is 5.16 Å². The number of hydrogen-bond acceptors (Lipinski definition) is 4. The highest BCUT2D eigenvalue weighted by molar-refractivity contribution is 5.89. The van der Waals surface area contributed by atoms with Gasteiger partial charge < -0.3 is 15.6 Å². The molecule has 0 radical (unpaired) electrons. The average molecular weight is 363 g/mol. The van der Waals surface area contributed by atoms with Crippen molar-refractivity contribution in [1.29, 1.82) is 0 Å². The summed E-state index contributed by atoms with van der Waals surface area (Å²) in [5.74, 6) is -0.935. The van der Waals surface area contributed by atoms with Crippen LogP contribution in [0.5, 0.6) is 0 Å². The van der Waals surface area contributed by atoms with E-state index in [9.17, 15) is 4.79 Å². The Morgan fingerprint density at radius 1 is 0.923 bits per heavy atom. The predicted octanol–water partition coefficient (Wildman–Crippen LogP) is 5.94. The van der Waals surface area contributed by atoms with Crippen LogP contribution >= 0.6 is 0 Å². The molecule has 1 aromatic rings. The summed E-state index contributed by atoms with van der Waals surface area (Å²) in [5.41, 5.74) is 1.81. The number of hydrogen-bond donors (Lipinski definition) is 3. The van der Waals surface area contributed by atoms with Gasteiger partial charge in [-0.3, -0.25) is 0 Å². The fourth-order valence-corrected chi connectivity index (χ4v) is 2.92. The molecule has 0 amide bonds. The van der Waals surface area contributed by atoms with E-state index in [2.05, 4.69) is 17.4 Å². The number of unbranched alkanes of at least 4 members (excludes halogenated alkanes) is 9. The Balaban J connectivity index is 2.09. The van der Waals surface area contributed by atoms with Gasteiger partial charge in [-0.05, 0) is 37.1 Å². The lowest BCUT2D eigenvalue weighted by molar-refractivity contribution is 0.0697. The molecule has 0 aliphatic rings. The van der Waals surface area contributed by atoms with Gasteiger partial charge in [0.15, 0.2) is 0 Å². The van der Waals surface area contributed by atoms with Gasteiger partial charge in [-0.2, -0.15) is 0 Å². The Hall–Kier alpha value is -2.04. The number of benzene rings is 1. The number of nitrogens with zero attached hydrogens (tertiary/aromatic N) is 1. The molecular weight excluding hydrogens is 328 g/mol. The van der Waals surface area contributed by atoms with E-state index >= 15 is 0 Å². The van der Waals surface area contributed by atoms with E-state index in [0.717, 1.165) is 24.2 Å². The monoisotopic (exact) mass is 362 g/mol. The summed E-state index contributed by atoms with van der Waals surface area (Å²) in [5, 5.41) is 24.6. The van der Waals surface area contributed by atoms with Gasteiger partial charge in [-0.1, -0.05) is 69.9 Å². The SMILES string of the molecule is CCCCCCCCCCCCC(CNc1ccc(C(=O)O)cc1)=NO. The largest absolute Gasteiger partial charge is 0.478 e. The molecule has 5 nitrogen and oxygen atoms in total. The van der Waals surface area contributed by atoms with Crippen molar-refractivity contribution in [2.45, 2.75) is 77.6 Å². The third kappa shape index (κ3) is 10.1. The third-order valence-electron chi connectivity index (χ3n) is 4.59. The second kappa shape index (κ2) is 14.2. The molecule has 26 heavy (non-hydrogen) atoms. The average Bonchev–Trinajstić information content (AvgIpc) is 2.66. The van der Waals surface area contributed by atoms with E-state index in [1.807, 2.05) is 0 Å². The minimum Gasteiger partial charge on any atom is -0.478 e. The number of aromatic carboxylic acids is 1. The van der Waals surface area contributed by atoms with E-state index in [4.69, 9.17) is 10.3 Å². The highest BCUT2D eigenvalue weighted by Crippen LogP contribution is 2.12. The lowest BCUT2D eigenvalue weighted by Gasteiger charge is -2.08. The first-order valence-electron chi connectivity index (χ1n) is 9.94. The van der Waals surface area contributed by atoms with Crippen LogP contribution in [-0.4, -0.2) is 28.5 Å². The topological polar surface area (TPSA) is 81.9 Å². The Bertz CT molecular complexity index is 527. The van der Waals surface area contributed by atoms with E-state index in [0.29, 0.717) is 6.54 Å². The first kappa shape index (κ1) is 22.0. The van der Waals surface area contributed by atoms with Gasteiger partial charge >= 0.3 is 5.97 Å². The predicted molar refractivity (Wildman–Crippen MR) is 108 cm³/mol. The molecule has 0 aliphatic heterocycles. The van der Waals surface area contributed by atoms with E-state index in [1.165, 1.54) is 57.8 Å². The van der Waals surface area contributed by atoms with Crippen LogP contribution in [-0.2, 0) is 0 Å². The smallest absolute Gasteiger partial charge is 0.335 e. The molecule has 5 heteroatoms. The molecule has 0 saturated heterocycles. The summed E-state index contributed by atoms with van der Waals surface area (Å²) in [6.45, 7) is 2.72. The Morgan fingerprint density at radius 2 is 1.46 bits per heavy atom. The van der Waals surface area contributed by atoms with Gasteiger partial charge in [0.1, 0.15) is 0 Å². The maximum Gasteiger partial charge on any atom is 0.335 e. The van der Waals surface area contributed by atoms with Crippen LogP contribution in [0.2, 0.25) is 0 Å². The molecule has 0 heterocycles. The number of oxime groups is 1. The molecule has 1 rings (SSSR count). The molecular formula is C21H34N2O3. The van der Waals surface area contributed by atoms with Crippen molar-refractivity contribution in [3.63, 3.8) is 0 Å². The third-order valence-corrected chi connectivity index (χ3v) is 4.59. The summed E-state index contributed by atoms with van der Waals surface area (Å²) in [6, 6.07) is 6.56. The molecule has 3 N–H and O–H groups in total. The highest BCUT2D eigenvalue weighted by Gasteiger charge is 2.04. The summed E-state index contributed by atoms with van der Waals surface area (Å²) in [7, 11) is 0. The van der Waals surface area contributed by atoms with E-state index in [1.54, 1.807) is 24.3 Å². The summed E-state index contributed by atoms with van der Waals surface area (Å²) in [6.07, 6.45) is 13.6. The molecule has 146 valence electrons. The van der Waals surface area contributed by atoms with Crippen molar-refractivity contribution in [2.75, 3.05) is 11.9 Å². The molecule has 0 atom stereocenters. The van der Waals surface area contributed by atoms with Crippen molar-refractivity contribution >= 4 is 17.4 Å². The Labute approximate surface area is 157 Å². The summed E-state index contributed by atoms with van der Waals surface area (Å²) in [4.78, 5) is 10.8. The van der Waals surface area contributed by atoms with Crippen LogP contribution < -0.4 is 5.32 Å². The minimum atomic E-state index is -0.935. The molecule has 0 aromatic heterocycles. The quantitative estimate of drug-likeness (QED) is 0.156. The molecule has 0 unspecified atom stereocenters. The fraction of sp³-hybridized carbons (Fsp3) is 0.619. The van der Waals surface area contributed by atoms with Crippen LogP contribution in [0.25, 0.3) is 0 Å². The van der Waals surface area contributed by atoms with E-state index in [-0.39, 0.29) is 5.56 Å². The van der Waals surface area contributed by atoms with Crippen LogP contribution in [0, 0.1) is 0 Å². The maximum absolute atomic E-state index is 10.8. The summed E-state index contributed by atoms with van der Waals surface area (Å²) < 4.78 is 0. The number of nitrogens with one attached hydrogen (secondary N) is 1. The van der Waals surface area contributed by atoms with Crippen LogP contribution in [0.3, 0.4) is 0 Å². The van der Waals surface area contributed by atoms with E-state index < -0.39 is 5.97 Å². The second-order valence-corrected chi connectivity index (χ2v) is 6.83. The van der Waals surface area contributed by atoms with Crippen molar-refractivity contribution in [1.82, 2.24) is 0 Å². The minimum absolute atomic E-state index is 0.261. The highest BCUT2D eigenvalue weighted by atomic mass is 16.4. The lowest BCUT2D eigenvalue weighted by atomic mass is 10.0. The van der Waals surface area contributed by atoms with Gasteiger partial charge in [0.05, 0.1) is 17.8 Å². The van der Waals surface area contributed by atoms with Crippen molar-refractivity contribution in [3.8, 4) is 0 Å². The standard InChI is InChI=1S/C21H34N2O3/c1-2-3-4-5-6-7-8-9-10-11-12-20(23-26)17-22-19-15-13-18(14-16-19)21(24)25/h13-16,22,26H,2-12,17H2,1H3,(H,24,25). The van der Waals surface area contributed by atoms with Gasteiger partial charge in [-0.25, -0.2) is 4.79 Å². The van der Waals surface area contributed by atoms with Crippen molar-refractivity contribution < 1.29 is 15.1 Å². The molecule has 0 saturated carbocycles. The number of rotatable bonds is 15. The summed E-state index contributed by atoms with van der Waals surface area (Å²) >= 11 is 0. The normalized spacial score (nSPS) is 11.5. The second-order valence-electron chi connectivity index (χ2n) is 6.83.